The number of aryl methyl sites for hydroxylation is 1. The van der Waals surface area contributed by atoms with E-state index in [4.69, 9.17) is 9.73 Å². The second-order valence-corrected chi connectivity index (χ2v) is 7.82. The molecule has 0 aliphatic heterocycles. The molecular weight excluding hydrogens is 491 g/mol. The molecule has 1 aromatic heterocycles. The summed E-state index contributed by atoms with van der Waals surface area (Å²) in [5, 5.41) is 15.5. The topological polar surface area (TPSA) is 76.4 Å². The number of benzene rings is 1. The minimum absolute atomic E-state index is 0. The highest BCUT2D eigenvalue weighted by molar-refractivity contribution is 14.0. The Balaban J connectivity index is 0.00000320. The fourth-order valence-corrected chi connectivity index (χ4v) is 4.32. The largest absolute Gasteiger partial charge is 0.381 e. The third kappa shape index (κ3) is 5.14. The molecule has 0 bridgehead atoms. The third-order valence-corrected chi connectivity index (χ3v) is 6.56. The number of rotatable bonds is 8. The van der Waals surface area contributed by atoms with Gasteiger partial charge >= 0.3 is 0 Å². The van der Waals surface area contributed by atoms with Gasteiger partial charge in [-0.15, -0.1) is 34.2 Å². The Morgan fingerprint density at radius 1 is 1.23 bits per heavy atom. The molecule has 7 nitrogen and oxygen atoms in total. The Bertz CT molecular complexity index is 818. The van der Waals surface area contributed by atoms with Crippen molar-refractivity contribution in [2.24, 2.45) is 17.5 Å². The first-order chi connectivity index (χ1) is 14.0. The molecule has 0 amide bonds. The highest BCUT2D eigenvalue weighted by atomic mass is 127. The maximum atomic E-state index is 5.75. The molecule has 1 fully saturated rings. The van der Waals surface area contributed by atoms with Crippen LogP contribution in [0.5, 0.6) is 0 Å². The van der Waals surface area contributed by atoms with Crippen LogP contribution in [0.4, 0.5) is 0 Å². The lowest BCUT2D eigenvalue weighted by molar-refractivity contribution is -0.118. The standard InChI is InChI=1S/C22H34N6O.HI/c1-6-22(7-2)18(13-19(22)29-5)25-21(23-14-17-11-9-8-10-12-17)24-15-20-27-26-16(3)28(20)4;/h8-12,18-19H,6-7,13-15H2,1-5H3,(H2,23,24,25);1H. The van der Waals surface area contributed by atoms with Gasteiger partial charge in [-0.1, -0.05) is 44.2 Å². The van der Waals surface area contributed by atoms with Crippen LogP contribution in [0.1, 0.15) is 50.3 Å². The van der Waals surface area contributed by atoms with E-state index in [0.717, 1.165) is 36.9 Å². The van der Waals surface area contributed by atoms with Gasteiger partial charge in [0.1, 0.15) is 5.82 Å². The second-order valence-electron chi connectivity index (χ2n) is 7.82. The Hall–Kier alpha value is -1.68. The Labute approximate surface area is 197 Å². The summed E-state index contributed by atoms with van der Waals surface area (Å²) in [5.74, 6) is 2.59. The number of hydrogen-bond acceptors (Lipinski definition) is 4. The van der Waals surface area contributed by atoms with E-state index < -0.39 is 0 Å². The summed E-state index contributed by atoms with van der Waals surface area (Å²) in [6, 6.07) is 10.6. The second kappa shape index (κ2) is 11.1. The van der Waals surface area contributed by atoms with E-state index >= 15 is 0 Å². The van der Waals surface area contributed by atoms with E-state index in [2.05, 4.69) is 46.8 Å². The monoisotopic (exact) mass is 526 g/mol. The summed E-state index contributed by atoms with van der Waals surface area (Å²) in [4.78, 5) is 4.85. The van der Waals surface area contributed by atoms with Crippen molar-refractivity contribution >= 4 is 29.9 Å². The first-order valence-corrected chi connectivity index (χ1v) is 10.5. The molecule has 2 unspecified atom stereocenters. The number of aromatic nitrogens is 3. The molecule has 2 N–H and O–H groups in total. The van der Waals surface area contributed by atoms with Crippen molar-refractivity contribution in [2.45, 2.75) is 65.3 Å². The lowest BCUT2D eigenvalue weighted by atomic mass is 9.58. The molecule has 1 aromatic carbocycles. The van der Waals surface area contributed by atoms with Crippen LogP contribution >= 0.6 is 24.0 Å². The first kappa shape index (κ1) is 24.6. The highest BCUT2D eigenvalue weighted by Gasteiger charge is 2.53. The minimum atomic E-state index is 0. The molecule has 1 aliphatic carbocycles. The molecule has 1 aliphatic rings. The zero-order valence-electron chi connectivity index (χ0n) is 18.7. The number of ether oxygens (including phenoxy) is 1. The van der Waals surface area contributed by atoms with Crippen molar-refractivity contribution in [3.05, 3.63) is 47.5 Å². The lowest BCUT2D eigenvalue weighted by Crippen LogP contribution is -2.65. The van der Waals surface area contributed by atoms with E-state index in [1.165, 1.54) is 5.56 Å². The molecule has 0 spiro atoms. The van der Waals surface area contributed by atoms with Gasteiger partial charge in [0.05, 0.1) is 19.2 Å². The fraction of sp³-hybridized carbons (Fsp3) is 0.591. The predicted octanol–water partition coefficient (Wildman–Crippen LogP) is 3.57. The van der Waals surface area contributed by atoms with Crippen LogP contribution in [0.3, 0.4) is 0 Å². The van der Waals surface area contributed by atoms with Crippen molar-refractivity contribution in [1.29, 1.82) is 0 Å². The Morgan fingerprint density at radius 3 is 2.50 bits per heavy atom. The molecule has 0 saturated heterocycles. The molecule has 2 aromatic rings. The molecule has 1 heterocycles. The summed E-state index contributed by atoms with van der Waals surface area (Å²) >= 11 is 0. The van der Waals surface area contributed by atoms with Crippen LogP contribution in [0.2, 0.25) is 0 Å². The SMILES string of the molecule is CCC1(CC)C(NC(=NCc2ccccc2)NCc2nnc(C)n2C)CC1OC.I. The Morgan fingerprint density at radius 2 is 1.93 bits per heavy atom. The van der Waals surface area contributed by atoms with Crippen LogP contribution < -0.4 is 10.6 Å². The first-order valence-electron chi connectivity index (χ1n) is 10.5. The van der Waals surface area contributed by atoms with E-state index in [-0.39, 0.29) is 29.4 Å². The van der Waals surface area contributed by atoms with Gasteiger partial charge < -0.3 is 19.9 Å². The van der Waals surface area contributed by atoms with Crippen LogP contribution in [-0.4, -0.2) is 40.0 Å². The molecule has 1 saturated carbocycles. The van der Waals surface area contributed by atoms with E-state index in [0.29, 0.717) is 25.2 Å². The average molecular weight is 526 g/mol. The molecular formula is C22H35IN6O. The van der Waals surface area contributed by atoms with Crippen LogP contribution in [0.25, 0.3) is 0 Å². The Kier molecular flexibility index (Phi) is 9.09. The van der Waals surface area contributed by atoms with Crippen LogP contribution in [-0.2, 0) is 24.9 Å². The summed E-state index contributed by atoms with van der Waals surface area (Å²) in [6.07, 6.45) is 3.45. The molecule has 2 atom stereocenters. The van der Waals surface area contributed by atoms with Crippen molar-refractivity contribution in [2.75, 3.05) is 7.11 Å². The van der Waals surface area contributed by atoms with Gasteiger partial charge in [-0.2, -0.15) is 0 Å². The van der Waals surface area contributed by atoms with Gasteiger partial charge in [0, 0.05) is 25.6 Å². The van der Waals surface area contributed by atoms with Gasteiger partial charge in [0.25, 0.3) is 0 Å². The molecule has 8 heteroatoms. The van der Waals surface area contributed by atoms with E-state index in [1.807, 2.05) is 43.8 Å². The van der Waals surface area contributed by atoms with Gasteiger partial charge in [-0.05, 0) is 31.7 Å². The molecule has 0 radical (unpaired) electrons. The third-order valence-electron chi connectivity index (χ3n) is 6.56. The van der Waals surface area contributed by atoms with E-state index in [1.54, 1.807) is 0 Å². The van der Waals surface area contributed by atoms with Gasteiger partial charge in [-0.3, -0.25) is 0 Å². The minimum Gasteiger partial charge on any atom is -0.381 e. The number of hydrogen-bond donors (Lipinski definition) is 2. The van der Waals surface area contributed by atoms with Gasteiger partial charge in [0.2, 0.25) is 0 Å². The maximum absolute atomic E-state index is 5.75. The number of guanidine groups is 1. The van der Waals surface area contributed by atoms with Crippen molar-refractivity contribution in [3.8, 4) is 0 Å². The number of aliphatic imine (C=N–C) groups is 1. The quantitative estimate of drug-likeness (QED) is 0.313. The maximum Gasteiger partial charge on any atom is 0.192 e. The highest BCUT2D eigenvalue weighted by Crippen LogP contribution is 2.48. The summed E-state index contributed by atoms with van der Waals surface area (Å²) in [5.41, 5.74) is 1.33. The van der Waals surface area contributed by atoms with Gasteiger partial charge in [-0.25, -0.2) is 4.99 Å². The van der Waals surface area contributed by atoms with Crippen molar-refractivity contribution in [1.82, 2.24) is 25.4 Å². The summed E-state index contributed by atoms with van der Waals surface area (Å²) in [7, 11) is 3.80. The number of halogens is 1. The van der Waals surface area contributed by atoms with Crippen LogP contribution in [0, 0.1) is 12.3 Å². The van der Waals surface area contributed by atoms with Crippen LogP contribution in [0.15, 0.2) is 35.3 Å². The molecule has 166 valence electrons. The fourth-order valence-electron chi connectivity index (χ4n) is 4.32. The zero-order valence-corrected chi connectivity index (χ0v) is 21.0. The predicted molar refractivity (Wildman–Crippen MR) is 131 cm³/mol. The summed E-state index contributed by atoms with van der Waals surface area (Å²) < 4.78 is 7.75. The smallest absolute Gasteiger partial charge is 0.192 e. The zero-order chi connectivity index (χ0) is 20.9. The van der Waals surface area contributed by atoms with Gasteiger partial charge in [0.15, 0.2) is 11.8 Å². The number of methoxy groups -OCH3 is 1. The van der Waals surface area contributed by atoms with E-state index in [9.17, 15) is 0 Å². The van der Waals surface area contributed by atoms with Crippen molar-refractivity contribution < 1.29 is 4.74 Å². The molecule has 30 heavy (non-hydrogen) atoms. The lowest BCUT2D eigenvalue weighted by Gasteiger charge is -2.55. The summed E-state index contributed by atoms with van der Waals surface area (Å²) in [6.45, 7) is 7.65. The normalized spacial score (nSPS) is 20.2. The number of nitrogens with one attached hydrogen (secondary N) is 2. The van der Waals surface area contributed by atoms with Crippen molar-refractivity contribution in [3.63, 3.8) is 0 Å². The number of nitrogens with zero attached hydrogens (tertiary/aromatic N) is 4. The average Bonchev–Trinajstić information content (AvgIpc) is 3.06. The molecule has 3 rings (SSSR count).